The largest absolute Gasteiger partial charge is 1.00 e. The van der Waals surface area contributed by atoms with Gasteiger partial charge in [-0.15, -0.1) is 5.10 Å². The first-order valence-electron chi connectivity index (χ1n) is 4.46. The van der Waals surface area contributed by atoms with Gasteiger partial charge in [0.1, 0.15) is 17.8 Å². The Morgan fingerprint density at radius 1 is 1.56 bits per heavy atom. The smallest absolute Gasteiger partial charge is 1.00 e. The van der Waals surface area contributed by atoms with Crippen LogP contribution in [-0.2, 0) is 0 Å². The Labute approximate surface area is 124 Å². The van der Waals surface area contributed by atoms with Crippen molar-refractivity contribution in [3.05, 3.63) is 30.2 Å². The van der Waals surface area contributed by atoms with E-state index in [9.17, 15) is 9.18 Å². The van der Waals surface area contributed by atoms with E-state index >= 15 is 0 Å². The van der Waals surface area contributed by atoms with Gasteiger partial charge >= 0.3 is 35.5 Å². The maximum absolute atomic E-state index is 13.0. The molecular weight excluding hydrogens is 254 g/mol. The fourth-order valence-electron chi connectivity index (χ4n) is 1.21. The summed E-state index contributed by atoms with van der Waals surface area (Å²) >= 11 is 0. The average Bonchev–Trinajstić information content (AvgIpc) is 2.78. The molecular formula is C9H8FN4NaO3. The van der Waals surface area contributed by atoms with E-state index in [1.807, 2.05) is 0 Å². The topological polar surface area (TPSA) is 90.1 Å². The molecule has 2 aromatic heterocycles. The maximum Gasteiger partial charge on any atom is 1.00 e. The van der Waals surface area contributed by atoms with E-state index in [0.29, 0.717) is 0 Å². The molecule has 0 spiro atoms. The second-order valence-electron chi connectivity index (χ2n) is 3.00. The van der Waals surface area contributed by atoms with Crippen LogP contribution in [0.5, 0.6) is 5.88 Å². The summed E-state index contributed by atoms with van der Waals surface area (Å²) in [5.74, 6) is -2.13. The van der Waals surface area contributed by atoms with Gasteiger partial charge in [-0.05, 0) is 0 Å². The van der Waals surface area contributed by atoms with Crippen LogP contribution >= 0.6 is 0 Å². The normalized spacial score (nSPS) is 9.67. The van der Waals surface area contributed by atoms with Crippen molar-refractivity contribution in [3.8, 4) is 11.6 Å². The number of halogens is 1. The predicted octanol–water partition coefficient (Wildman–Crippen LogP) is -2.38. The van der Waals surface area contributed by atoms with Crippen LogP contribution in [0.2, 0.25) is 0 Å². The number of carbonyl (C=O) groups is 1. The van der Waals surface area contributed by atoms with Crippen molar-refractivity contribution in [1.29, 1.82) is 0 Å². The van der Waals surface area contributed by atoms with Crippen molar-refractivity contribution >= 4 is 5.97 Å². The number of hydrogen-bond acceptors (Lipinski definition) is 5. The van der Waals surface area contributed by atoms with Crippen molar-refractivity contribution < 1.29 is 50.0 Å². The van der Waals surface area contributed by atoms with E-state index in [4.69, 9.17) is 9.84 Å². The van der Waals surface area contributed by atoms with E-state index in [-0.39, 0.29) is 42.6 Å². The van der Waals surface area contributed by atoms with Gasteiger partial charge in [0.2, 0.25) is 5.88 Å². The number of aromatic carboxylic acids is 1. The van der Waals surface area contributed by atoms with Crippen LogP contribution in [0.15, 0.2) is 18.6 Å². The zero-order chi connectivity index (χ0) is 12.4. The summed E-state index contributed by atoms with van der Waals surface area (Å²) in [5.41, 5.74) is 0.174. The minimum absolute atomic E-state index is 0. The maximum atomic E-state index is 13.0. The molecule has 0 saturated heterocycles. The molecule has 0 aliphatic carbocycles. The van der Waals surface area contributed by atoms with Gasteiger partial charge in [-0.2, -0.15) is 0 Å². The molecule has 0 amide bonds. The third-order valence-corrected chi connectivity index (χ3v) is 1.92. The van der Waals surface area contributed by atoms with Gasteiger partial charge in [-0.3, -0.25) is 0 Å². The summed E-state index contributed by atoms with van der Waals surface area (Å²) in [4.78, 5) is 17.8. The molecule has 90 valence electrons. The Bertz CT molecular complexity index is 580. The number of aromatic nitrogens is 4. The summed E-state index contributed by atoms with van der Waals surface area (Å²) in [6, 6.07) is 1.12. The molecule has 0 aromatic carbocycles. The third-order valence-electron chi connectivity index (χ3n) is 1.92. The van der Waals surface area contributed by atoms with E-state index in [0.717, 1.165) is 23.3 Å². The van der Waals surface area contributed by atoms with Crippen molar-refractivity contribution in [3.63, 3.8) is 0 Å². The number of ether oxygens (including phenoxy) is 1. The van der Waals surface area contributed by atoms with Gasteiger partial charge in [0.15, 0.2) is 0 Å². The number of rotatable bonds is 3. The van der Waals surface area contributed by atoms with Crippen LogP contribution < -0.4 is 34.3 Å². The van der Waals surface area contributed by atoms with Gasteiger partial charge in [-0.25, -0.2) is 23.8 Å². The van der Waals surface area contributed by atoms with Crippen molar-refractivity contribution in [2.24, 2.45) is 0 Å². The Kier molecular flexibility index (Phi) is 4.76. The minimum Gasteiger partial charge on any atom is -1.00 e. The molecule has 2 rings (SSSR count). The molecule has 7 nitrogen and oxygen atoms in total. The third kappa shape index (κ3) is 2.84. The van der Waals surface area contributed by atoms with Crippen molar-refractivity contribution in [1.82, 2.24) is 19.7 Å². The molecule has 0 radical (unpaired) electrons. The first kappa shape index (κ1) is 14.6. The molecule has 0 atom stereocenters. The zero-order valence-corrected chi connectivity index (χ0v) is 11.7. The molecule has 2 aromatic rings. The van der Waals surface area contributed by atoms with Gasteiger partial charge in [0.25, 0.3) is 5.82 Å². The van der Waals surface area contributed by atoms with Crippen LogP contribution in [0.3, 0.4) is 0 Å². The number of methoxy groups -OCH3 is 1. The Balaban J connectivity index is 0.00000162. The van der Waals surface area contributed by atoms with Gasteiger partial charge in [0, 0.05) is 6.07 Å². The molecule has 18 heavy (non-hydrogen) atoms. The summed E-state index contributed by atoms with van der Waals surface area (Å²) in [5, 5.41) is 12.3. The molecule has 9 heteroatoms. The van der Waals surface area contributed by atoms with E-state index < -0.39 is 17.6 Å². The second-order valence-corrected chi connectivity index (χ2v) is 3.00. The molecule has 0 aliphatic heterocycles. The molecule has 2 heterocycles. The second kappa shape index (κ2) is 5.89. The van der Waals surface area contributed by atoms with Gasteiger partial charge < -0.3 is 11.3 Å². The molecule has 0 unspecified atom stereocenters. The Hall–Kier alpha value is -1.51. The average molecular weight is 262 g/mol. The Morgan fingerprint density at radius 2 is 2.28 bits per heavy atom. The molecule has 1 N–H and O–H groups in total. The standard InChI is InChI=1S/C9H7FN4O3.Na.H/c1-17-8-6(2-5(10)3-11-8)14-4-12-7(13-14)9(15)16;;/h2-4H,1H3,(H,15,16);;/q;+1;-1. The summed E-state index contributed by atoms with van der Waals surface area (Å²) in [7, 11) is 1.36. The predicted molar refractivity (Wildman–Crippen MR) is 53.7 cm³/mol. The monoisotopic (exact) mass is 262 g/mol. The van der Waals surface area contributed by atoms with Crippen LogP contribution in [0.25, 0.3) is 5.69 Å². The minimum atomic E-state index is -1.27. The zero-order valence-electron chi connectivity index (χ0n) is 10.7. The molecule has 0 saturated carbocycles. The number of hydrogen-bond donors (Lipinski definition) is 1. The number of carboxylic acids is 1. The fraction of sp³-hybridized carbons (Fsp3) is 0.111. The molecule has 0 fully saturated rings. The number of pyridine rings is 1. The van der Waals surface area contributed by atoms with Crippen molar-refractivity contribution in [2.45, 2.75) is 0 Å². The summed E-state index contributed by atoms with van der Waals surface area (Å²) < 4.78 is 19.0. The number of nitrogens with zero attached hydrogens (tertiary/aromatic N) is 4. The van der Waals surface area contributed by atoms with E-state index in [1.54, 1.807) is 0 Å². The quantitative estimate of drug-likeness (QED) is 0.621. The SMILES string of the molecule is COc1ncc(F)cc1-n1cnc(C(=O)O)n1.[H-].[Na+]. The first-order valence-corrected chi connectivity index (χ1v) is 4.46. The van der Waals surface area contributed by atoms with Crippen LogP contribution in [0.4, 0.5) is 4.39 Å². The first-order chi connectivity index (χ1) is 8.11. The van der Waals surface area contributed by atoms with Crippen LogP contribution in [0.1, 0.15) is 12.0 Å². The van der Waals surface area contributed by atoms with Crippen LogP contribution in [-0.4, -0.2) is 37.9 Å². The van der Waals surface area contributed by atoms with Gasteiger partial charge in [-0.1, -0.05) is 0 Å². The molecule has 0 bridgehead atoms. The molecule has 0 aliphatic rings. The van der Waals surface area contributed by atoms with Gasteiger partial charge in [0.05, 0.1) is 13.3 Å². The summed E-state index contributed by atoms with van der Waals surface area (Å²) in [6.45, 7) is 0. The van der Waals surface area contributed by atoms with E-state index in [1.165, 1.54) is 7.11 Å². The number of carboxylic acid groups (broad SMARTS) is 1. The van der Waals surface area contributed by atoms with Crippen molar-refractivity contribution in [2.75, 3.05) is 7.11 Å². The van der Waals surface area contributed by atoms with Crippen LogP contribution in [0, 0.1) is 5.82 Å². The summed E-state index contributed by atoms with van der Waals surface area (Å²) in [6.07, 6.45) is 2.12. The van der Waals surface area contributed by atoms with E-state index in [2.05, 4.69) is 15.1 Å². The Morgan fingerprint density at radius 3 is 2.83 bits per heavy atom. The fourth-order valence-corrected chi connectivity index (χ4v) is 1.21.